The molecule has 7 heteroatoms. The molecule has 1 heterocycles. The van der Waals surface area contributed by atoms with Gasteiger partial charge in [0.15, 0.2) is 0 Å². The van der Waals surface area contributed by atoms with Gasteiger partial charge in [-0.2, -0.15) is 0 Å². The van der Waals surface area contributed by atoms with Gasteiger partial charge in [0.1, 0.15) is 11.3 Å². The van der Waals surface area contributed by atoms with Crippen molar-refractivity contribution in [2.45, 2.75) is 13.2 Å². The summed E-state index contributed by atoms with van der Waals surface area (Å²) in [5, 5.41) is 23.6. The Labute approximate surface area is 162 Å². The molecule has 0 radical (unpaired) electrons. The third-order valence-electron chi connectivity index (χ3n) is 3.75. The standard InChI is InChI=1S/C18H14ClIN2O3/c19-12-3-1-10(2-4-12)7-22-18(25)14-8-21-16-13(17(14)24)5-11(9-23)6-15(16)20/h1-6,8,23H,7,9H2,(H,21,24)(H,22,25). The van der Waals surface area contributed by atoms with Gasteiger partial charge in [-0.25, -0.2) is 0 Å². The van der Waals surface area contributed by atoms with Crippen LogP contribution in [0.5, 0.6) is 5.75 Å². The molecule has 0 spiro atoms. The Hall–Kier alpha value is -1.90. The molecule has 0 aliphatic rings. The maximum atomic E-state index is 12.4. The molecular weight excluding hydrogens is 455 g/mol. The molecule has 1 aromatic heterocycles. The Kier molecular flexibility index (Phi) is 5.41. The van der Waals surface area contributed by atoms with Gasteiger partial charge in [-0.3, -0.25) is 9.78 Å². The number of aliphatic hydroxyl groups excluding tert-OH is 1. The summed E-state index contributed by atoms with van der Waals surface area (Å²) < 4.78 is 0.794. The quantitative estimate of drug-likeness (QED) is 0.511. The van der Waals surface area contributed by atoms with Crippen LogP contribution in [0.4, 0.5) is 0 Å². The summed E-state index contributed by atoms with van der Waals surface area (Å²) in [4.78, 5) is 16.7. The number of aromatic nitrogens is 1. The number of nitrogens with one attached hydrogen (secondary N) is 1. The second kappa shape index (κ2) is 7.55. The number of aromatic hydroxyl groups is 1. The van der Waals surface area contributed by atoms with E-state index in [0.717, 1.165) is 9.13 Å². The summed E-state index contributed by atoms with van der Waals surface area (Å²) >= 11 is 7.92. The third kappa shape index (κ3) is 3.86. The molecule has 0 bridgehead atoms. The van der Waals surface area contributed by atoms with Crippen LogP contribution in [0.15, 0.2) is 42.6 Å². The molecule has 5 nitrogen and oxygen atoms in total. The summed E-state index contributed by atoms with van der Waals surface area (Å²) in [6.07, 6.45) is 1.36. The molecule has 0 fully saturated rings. The van der Waals surface area contributed by atoms with Crippen molar-refractivity contribution in [3.63, 3.8) is 0 Å². The minimum Gasteiger partial charge on any atom is -0.506 e. The van der Waals surface area contributed by atoms with E-state index in [1.807, 2.05) is 12.1 Å². The molecule has 3 N–H and O–H groups in total. The predicted molar refractivity (Wildman–Crippen MR) is 105 cm³/mol. The highest BCUT2D eigenvalue weighted by Crippen LogP contribution is 2.31. The van der Waals surface area contributed by atoms with Crippen molar-refractivity contribution in [2.75, 3.05) is 0 Å². The summed E-state index contributed by atoms with van der Waals surface area (Å²) in [7, 11) is 0. The van der Waals surface area contributed by atoms with Gasteiger partial charge in [0.05, 0.1) is 12.1 Å². The van der Waals surface area contributed by atoms with Crippen molar-refractivity contribution in [2.24, 2.45) is 0 Å². The second-order valence-electron chi connectivity index (χ2n) is 5.46. The van der Waals surface area contributed by atoms with Gasteiger partial charge in [0.2, 0.25) is 0 Å². The fourth-order valence-electron chi connectivity index (χ4n) is 2.44. The Balaban J connectivity index is 1.88. The average Bonchev–Trinajstić information content (AvgIpc) is 2.61. The Morgan fingerprint density at radius 3 is 2.60 bits per heavy atom. The fourth-order valence-corrected chi connectivity index (χ4v) is 3.40. The van der Waals surface area contributed by atoms with Gasteiger partial charge < -0.3 is 15.5 Å². The van der Waals surface area contributed by atoms with Crippen LogP contribution in [0.2, 0.25) is 5.02 Å². The van der Waals surface area contributed by atoms with Crippen LogP contribution in [0.1, 0.15) is 21.5 Å². The van der Waals surface area contributed by atoms with E-state index in [4.69, 9.17) is 11.6 Å². The van der Waals surface area contributed by atoms with Crippen molar-refractivity contribution < 1.29 is 15.0 Å². The van der Waals surface area contributed by atoms with Crippen LogP contribution in [0.25, 0.3) is 10.9 Å². The molecule has 0 aliphatic heterocycles. The normalized spacial score (nSPS) is 10.8. The molecule has 0 unspecified atom stereocenters. The van der Waals surface area contributed by atoms with Crippen LogP contribution in [0, 0.1) is 3.57 Å². The monoisotopic (exact) mass is 468 g/mol. The molecular formula is C18H14ClIN2O3. The second-order valence-corrected chi connectivity index (χ2v) is 7.06. The van der Waals surface area contributed by atoms with E-state index < -0.39 is 5.91 Å². The summed E-state index contributed by atoms with van der Waals surface area (Å²) in [6, 6.07) is 10.5. The number of halogens is 2. The fraction of sp³-hybridized carbons (Fsp3) is 0.111. The predicted octanol–water partition coefficient (Wildman–Crippen LogP) is 3.62. The number of carbonyl (C=O) groups is 1. The average molecular weight is 469 g/mol. The molecule has 0 saturated carbocycles. The van der Waals surface area contributed by atoms with Crippen LogP contribution in [0.3, 0.4) is 0 Å². The maximum absolute atomic E-state index is 12.4. The molecule has 128 valence electrons. The topological polar surface area (TPSA) is 82.5 Å². The minimum absolute atomic E-state index is 0.0901. The molecule has 2 aromatic carbocycles. The highest BCUT2D eigenvalue weighted by Gasteiger charge is 2.16. The van der Waals surface area contributed by atoms with E-state index in [9.17, 15) is 15.0 Å². The van der Waals surface area contributed by atoms with E-state index in [1.54, 1.807) is 24.3 Å². The summed E-state index contributed by atoms with van der Waals surface area (Å²) in [5.41, 5.74) is 2.22. The number of benzene rings is 2. The minimum atomic E-state index is -0.425. The molecule has 0 aliphatic carbocycles. The first kappa shape index (κ1) is 17.9. The Bertz CT molecular complexity index is 945. The number of hydrogen-bond donors (Lipinski definition) is 3. The number of pyridine rings is 1. The zero-order valence-corrected chi connectivity index (χ0v) is 15.9. The Morgan fingerprint density at radius 1 is 1.20 bits per heavy atom. The number of carbonyl (C=O) groups excluding carboxylic acids is 1. The molecule has 1 amide bonds. The SMILES string of the molecule is O=C(NCc1ccc(Cl)cc1)c1cnc2c(I)cc(CO)cc2c1O. The van der Waals surface area contributed by atoms with E-state index in [2.05, 4.69) is 32.9 Å². The lowest BCUT2D eigenvalue weighted by molar-refractivity contribution is 0.0948. The van der Waals surface area contributed by atoms with E-state index >= 15 is 0 Å². The zero-order chi connectivity index (χ0) is 18.0. The van der Waals surface area contributed by atoms with Gasteiger partial charge in [-0.1, -0.05) is 23.7 Å². The number of rotatable bonds is 4. The van der Waals surface area contributed by atoms with Gasteiger partial charge in [0, 0.05) is 26.7 Å². The first-order chi connectivity index (χ1) is 12.0. The van der Waals surface area contributed by atoms with Crippen LogP contribution < -0.4 is 5.32 Å². The van der Waals surface area contributed by atoms with Crippen molar-refractivity contribution in [3.05, 3.63) is 67.9 Å². The summed E-state index contributed by atoms with van der Waals surface area (Å²) in [5.74, 6) is -0.571. The molecule has 3 rings (SSSR count). The number of hydrogen-bond acceptors (Lipinski definition) is 4. The van der Waals surface area contributed by atoms with Gasteiger partial charge in [-0.05, 0) is 58.0 Å². The smallest absolute Gasteiger partial charge is 0.256 e. The zero-order valence-electron chi connectivity index (χ0n) is 13.0. The van der Waals surface area contributed by atoms with Gasteiger partial charge >= 0.3 is 0 Å². The van der Waals surface area contributed by atoms with Crippen molar-refractivity contribution in [1.29, 1.82) is 0 Å². The largest absolute Gasteiger partial charge is 0.506 e. The lowest BCUT2D eigenvalue weighted by Crippen LogP contribution is -2.23. The number of nitrogens with zero attached hydrogens (tertiary/aromatic N) is 1. The lowest BCUT2D eigenvalue weighted by atomic mass is 10.1. The van der Waals surface area contributed by atoms with E-state index in [0.29, 0.717) is 28.0 Å². The maximum Gasteiger partial charge on any atom is 0.256 e. The number of fused-ring (bicyclic) bond motifs is 1. The first-order valence-corrected chi connectivity index (χ1v) is 8.89. The van der Waals surface area contributed by atoms with E-state index in [-0.39, 0.29) is 17.9 Å². The highest BCUT2D eigenvalue weighted by atomic mass is 127. The first-order valence-electron chi connectivity index (χ1n) is 7.43. The lowest BCUT2D eigenvalue weighted by Gasteiger charge is -2.10. The van der Waals surface area contributed by atoms with Gasteiger partial charge in [0.25, 0.3) is 5.91 Å². The molecule has 0 atom stereocenters. The van der Waals surface area contributed by atoms with Crippen molar-refractivity contribution >= 4 is 51.0 Å². The summed E-state index contributed by atoms with van der Waals surface area (Å²) in [6.45, 7) is 0.153. The van der Waals surface area contributed by atoms with Crippen molar-refractivity contribution in [1.82, 2.24) is 10.3 Å². The molecule has 0 saturated heterocycles. The Morgan fingerprint density at radius 2 is 1.92 bits per heavy atom. The highest BCUT2D eigenvalue weighted by molar-refractivity contribution is 14.1. The molecule has 3 aromatic rings. The van der Waals surface area contributed by atoms with Crippen molar-refractivity contribution in [3.8, 4) is 5.75 Å². The number of aliphatic hydroxyl groups is 1. The van der Waals surface area contributed by atoms with Gasteiger partial charge in [-0.15, -0.1) is 0 Å². The van der Waals surface area contributed by atoms with E-state index in [1.165, 1.54) is 6.20 Å². The van der Waals surface area contributed by atoms with Crippen LogP contribution in [-0.4, -0.2) is 21.1 Å². The van der Waals surface area contributed by atoms with Crippen LogP contribution >= 0.6 is 34.2 Å². The molecule has 25 heavy (non-hydrogen) atoms. The number of amides is 1. The third-order valence-corrected chi connectivity index (χ3v) is 4.82. The van der Waals surface area contributed by atoms with Crippen LogP contribution in [-0.2, 0) is 13.2 Å².